The lowest BCUT2D eigenvalue weighted by Gasteiger charge is -2.33. The first-order valence-electron chi connectivity index (χ1n) is 4.19. The van der Waals surface area contributed by atoms with Gasteiger partial charge in [-0.3, -0.25) is 0 Å². The fraction of sp³-hybridized carbons (Fsp3) is 1.00. The Labute approximate surface area is 80.1 Å². The Hall–Kier alpha value is -0.280. The van der Waals surface area contributed by atoms with Gasteiger partial charge in [0, 0.05) is 0 Å². The largest absolute Gasteiger partial charge is 0.394 e. The molecule has 7 heteroatoms. The molecule has 1 aliphatic rings. The van der Waals surface area contributed by atoms with Crippen molar-refractivity contribution in [1.29, 1.82) is 0 Å². The predicted octanol–water partition coefficient (Wildman–Crippen LogP) is -3.25. The highest BCUT2D eigenvalue weighted by Gasteiger charge is 2.39. The zero-order valence-corrected chi connectivity index (χ0v) is 7.35. The van der Waals surface area contributed by atoms with Crippen molar-refractivity contribution in [1.82, 2.24) is 0 Å². The van der Waals surface area contributed by atoms with Crippen molar-refractivity contribution >= 4 is 0 Å². The molecule has 1 aliphatic heterocycles. The summed E-state index contributed by atoms with van der Waals surface area (Å²) in [6, 6.07) is 0. The predicted molar refractivity (Wildman–Crippen MR) is 41.9 cm³/mol. The fourth-order valence-corrected chi connectivity index (χ4v) is 1.06. The average Bonchev–Trinajstić information content (AvgIpc) is 2.11. The highest BCUT2D eigenvalue weighted by Crippen LogP contribution is 2.16. The van der Waals surface area contributed by atoms with Gasteiger partial charge in [0.15, 0.2) is 0 Å². The van der Waals surface area contributed by atoms with Crippen LogP contribution < -0.4 is 0 Å². The van der Waals surface area contributed by atoms with E-state index >= 15 is 0 Å². The minimum absolute atomic E-state index is 0.111. The van der Waals surface area contributed by atoms with Gasteiger partial charge in [0.05, 0.1) is 6.61 Å². The summed E-state index contributed by atoms with van der Waals surface area (Å²) < 4.78 is 0. The molecule has 1 unspecified atom stereocenters. The Bertz CT molecular complexity index is 161. The quantitative estimate of drug-likeness (QED) is 0.302. The van der Waals surface area contributed by atoms with E-state index in [1.165, 1.54) is 0 Å². The molecular weight excluding hydrogens is 196 g/mol. The lowest BCUT2D eigenvalue weighted by molar-refractivity contribution is -0.443. The summed E-state index contributed by atoms with van der Waals surface area (Å²) in [7, 11) is 0. The van der Waals surface area contributed by atoms with Crippen LogP contribution in [0.15, 0.2) is 0 Å². The van der Waals surface area contributed by atoms with Crippen LogP contribution >= 0.6 is 0 Å². The molecule has 14 heavy (non-hydrogen) atoms. The maximum Gasteiger partial charge on any atom is 0.148 e. The van der Waals surface area contributed by atoms with Gasteiger partial charge in [-0.25, -0.2) is 9.78 Å². The van der Waals surface area contributed by atoms with Gasteiger partial charge >= 0.3 is 0 Å². The summed E-state index contributed by atoms with van der Waals surface area (Å²) in [5, 5.41) is 45.3. The van der Waals surface area contributed by atoms with Crippen LogP contribution in [0.3, 0.4) is 0 Å². The summed E-state index contributed by atoms with van der Waals surface area (Å²) in [4.78, 5) is 8.72. The average molecular weight is 210 g/mol. The third-order valence-corrected chi connectivity index (χ3v) is 2.09. The van der Waals surface area contributed by atoms with Gasteiger partial charge in [-0.15, -0.1) is 0 Å². The molecule has 84 valence electrons. The lowest BCUT2D eigenvalue weighted by atomic mass is 9.99. The molecule has 1 saturated heterocycles. The molecule has 0 aliphatic carbocycles. The van der Waals surface area contributed by atoms with E-state index in [1.807, 2.05) is 0 Å². The molecule has 7 nitrogen and oxygen atoms in total. The van der Waals surface area contributed by atoms with E-state index in [0.29, 0.717) is 0 Å². The standard InChI is InChI=1S/C7H14O7/c8-1-3(9)5(10)7(12)6(11)4-2-13-14-4/h3-12H,1-2H2/t3-,4?,5-,6+,7+/m1/s1. The number of hydrogen-bond acceptors (Lipinski definition) is 7. The maximum atomic E-state index is 9.34. The minimum Gasteiger partial charge on any atom is -0.394 e. The molecule has 0 aromatic carbocycles. The van der Waals surface area contributed by atoms with Crippen LogP contribution in [0.4, 0.5) is 0 Å². The summed E-state index contributed by atoms with van der Waals surface area (Å²) in [6.07, 6.45) is -6.80. The molecule has 0 radical (unpaired) electrons. The van der Waals surface area contributed by atoms with Crippen LogP contribution in [-0.2, 0) is 9.78 Å². The highest BCUT2D eigenvalue weighted by atomic mass is 17.2. The highest BCUT2D eigenvalue weighted by molar-refractivity contribution is 4.85. The third kappa shape index (κ3) is 2.39. The molecule has 0 aromatic rings. The molecule has 0 spiro atoms. The van der Waals surface area contributed by atoms with Gasteiger partial charge in [-0.2, -0.15) is 0 Å². The van der Waals surface area contributed by atoms with E-state index in [-0.39, 0.29) is 6.61 Å². The van der Waals surface area contributed by atoms with Crippen molar-refractivity contribution in [3.8, 4) is 0 Å². The molecule has 1 rings (SSSR count). The Balaban J connectivity index is 2.41. The molecular formula is C7H14O7. The van der Waals surface area contributed by atoms with Crippen molar-refractivity contribution < 1.29 is 35.3 Å². The van der Waals surface area contributed by atoms with Crippen LogP contribution in [0.2, 0.25) is 0 Å². The number of rotatable bonds is 5. The Kier molecular flexibility index (Phi) is 4.20. The Morgan fingerprint density at radius 3 is 2.07 bits per heavy atom. The van der Waals surface area contributed by atoms with Crippen molar-refractivity contribution in [3.05, 3.63) is 0 Å². The van der Waals surface area contributed by atoms with Gasteiger partial charge in [0.1, 0.15) is 37.1 Å². The summed E-state index contributed by atoms with van der Waals surface area (Å²) in [5.41, 5.74) is 0. The van der Waals surface area contributed by atoms with Gasteiger partial charge in [0.25, 0.3) is 0 Å². The topological polar surface area (TPSA) is 120 Å². The van der Waals surface area contributed by atoms with Crippen molar-refractivity contribution in [2.24, 2.45) is 0 Å². The van der Waals surface area contributed by atoms with E-state index in [4.69, 9.17) is 10.2 Å². The Morgan fingerprint density at radius 1 is 1.14 bits per heavy atom. The SMILES string of the molecule is OC[C@@H](O)[C@@H](O)[C@H](O)[C@@H](O)C1COO1. The normalized spacial score (nSPS) is 30.2. The maximum absolute atomic E-state index is 9.34. The molecule has 5 N–H and O–H groups in total. The van der Waals surface area contributed by atoms with Crippen LogP contribution in [0, 0.1) is 0 Å². The van der Waals surface area contributed by atoms with Gasteiger partial charge in [-0.05, 0) is 0 Å². The van der Waals surface area contributed by atoms with E-state index in [9.17, 15) is 15.3 Å². The van der Waals surface area contributed by atoms with Gasteiger partial charge in [-0.1, -0.05) is 0 Å². The van der Waals surface area contributed by atoms with Gasteiger partial charge in [0.2, 0.25) is 0 Å². The molecule has 1 heterocycles. The molecule has 0 amide bonds. The van der Waals surface area contributed by atoms with Crippen molar-refractivity contribution in [3.63, 3.8) is 0 Å². The second kappa shape index (κ2) is 4.99. The summed E-state index contributed by atoms with van der Waals surface area (Å²) in [5.74, 6) is 0. The van der Waals surface area contributed by atoms with Crippen LogP contribution in [0.5, 0.6) is 0 Å². The lowest BCUT2D eigenvalue weighted by Crippen LogP contribution is -2.54. The first-order chi connectivity index (χ1) is 6.57. The summed E-state index contributed by atoms with van der Waals surface area (Å²) >= 11 is 0. The third-order valence-electron chi connectivity index (χ3n) is 2.09. The smallest absolute Gasteiger partial charge is 0.148 e. The van der Waals surface area contributed by atoms with Crippen LogP contribution in [0.1, 0.15) is 0 Å². The second-order valence-electron chi connectivity index (χ2n) is 3.14. The monoisotopic (exact) mass is 210 g/mol. The molecule has 0 saturated carbocycles. The number of aliphatic hydroxyl groups is 5. The van der Waals surface area contributed by atoms with E-state index in [1.54, 1.807) is 0 Å². The first-order valence-corrected chi connectivity index (χ1v) is 4.19. The first kappa shape index (κ1) is 11.8. The molecule has 1 fully saturated rings. The van der Waals surface area contributed by atoms with Gasteiger partial charge < -0.3 is 25.5 Å². The van der Waals surface area contributed by atoms with Crippen LogP contribution in [0.25, 0.3) is 0 Å². The number of aliphatic hydroxyl groups excluding tert-OH is 5. The zero-order valence-electron chi connectivity index (χ0n) is 7.35. The molecule has 5 atom stereocenters. The van der Waals surface area contributed by atoms with E-state index in [0.717, 1.165) is 0 Å². The van der Waals surface area contributed by atoms with E-state index < -0.39 is 37.1 Å². The van der Waals surface area contributed by atoms with Crippen molar-refractivity contribution in [2.45, 2.75) is 30.5 Å². The second-order valence-corrected chi connectivity index (χ2v) is 3.14. The zero-order chi connectivity index (χ0) is 10.7. The number of hydrogen-bond donors (Lipinski definition) is 5. The van der Waals surface area contributed by atoms with Crippen LogP contribution in [-0.4, -0.2) is 69.3 Å². The molecule has 0 aromatic heterocycles. The summed E-state index contributed by atoms with van der Waals surface area (Å²) in [6.45, 7) is -0.590. The van der Waals surface area contributed by atoms with Crippen molar-refractivity contribution in [2.75, 3.05) is 13.2 Å². The molecule has 0 bridgehead atoms. The van der Waals surface area contributed by atoms with E-state index in [2.05, 4.69) is 9.78 Å². The fourth-order valence-electron chi connectivity index (χ4n) is 1.06. The minimum atomic E-state index is -1.63. The Morgan fingerprint density at radius 2 is 1.71 bits per heavy atom.